The SMILES string of the molecule is CCCNc1nccc(-n2ccnc2-c2cccc(NC(=O)c3csc(-c4ccncc4)n3)c2)n1. The van der Waals surface area contributed by atoms with Gasteiger partial charge in [-0.15, -0.1) is 11.3 Å². The van der Waals surface area contributed by atoms with Crippen molar-refractivity contribution in [1.82, 2.24) is 29.5 Å². The number of hydrogen-bond acceptors (Lipinski definition) is 8. The van der Waals surface area contributed by atoms with Gasteiger partial charge in [0.15, 0.2) is 0 Å². The first-order valence-corrected chi connectivity index (χ1v) is 12.0. The minimum Gasteiger partial charge on any atom is -0.354 e. The maximum absolute atomic E-state index is 12.8. The molecule has 10 heteroatoms. The number of rotatable bonds is 8. The average molecular weight is 483 g/mol. The Morgan fingerprint density at radius 3 is 2.74 bits per heavy atom. The van der Waals surface area contributed by atoms with Crippen LogP contribution >= 0.6 is 11.3 Å². The zero-order valence-corrected chi connectivity index (χ0v) is 19.7. The number of anilines is 2. The molecule has 0 radical (unpaired) electrons. The number of hydrogen-bond donors (Lipinski definition) is 2. The molecule has 1 aromatic carbocycles. The van der Waals surface area contributed by atoms with Gasteiger partial charge in [0.05, 0.1) is 0 Å². The number of aromatic nitrogens is 6. The van der Waals surface area contributed by atoms with Gasteiger partial charge < -0.3 is 10.6 Å². The Morgan fingerprint density at radius 1 is 1.00 bits per heavy atom. The third-order valence-electron chi connectivity index (χ3n) is 5.10. The Balaban J connectivity index is 1.36. The van der Waals surface area contributed by atoms with Gasteiger partial charge in [0.1, 0.15) is 22.3 Å². The summed E-state index contributed by atoms with van der Waals surface area (Å²) in [5.74, 6) is 1.70. The van der Waals surface area contributed by atoms with Crippen LogP contribution in [0.2, 0.25) is 0 Å². The molecular formula is C25H22N8OS. The Hall–Kier alpha value is -4.44. The van der Waals surface area contributed by atoms with Crippen molar-refractivity contribution in [3.63, 3.8) is 0 Å². The molecule has 0 saturated carbocycles. The van der Waals surface area contributed by atoms with Crippen LogP contribution in [0.15, 0.2) is 78.8 Å². The Labute approximate surface area is 206 Å². The molecule has 35 heavy (non-hydrogen) atoms. The zero-order valence-electron chi connectivity index (χ0n) is 18.9. The molecule has 2 N–H and O–H groups in total. The number of amides is 1. The van der Waals surface area contributed by atoms with Gasteiger partial charge in [0, 0.05) is 59.7 Å². The summed E-state index contributed by atoms with van der Waals surface area (Å²) in [5, 5.41) is 8.66. The lowest BCUT2D eigenvalue weighted by molar-refractivity contribution is 0.102. The normalized spacial score (nSPS) is 10.8. The lowest BCUT2D eigenvalue weighted by Crippen LogP contribution is -2.12. The number of carbonyl (C=O) groups is 1. The van der Waals surface area contributed by atoms with E-state index >= 15 is 0 Å². The fourth-order valence-corrected chi connectivity index (χ4v) is 4.25. The smallest absolute Gasteiger partial charge is 0.275 e. The van der Waals surface area contributed by atoms with Gasteiger partial charge in [-0.05, 0) is 36.8 Å². The van der Waals surface area contributed by atoms with E-state index in [0.717, 1.165) is 29.1 Å². The van der Waals surface area contributed by atoms with Gasteiger partial charge in [0.25, 0.3) is 5.91 Å². The van der Waals surface area contributed by atoms with Crippen LogP contribution in [0.4, 0.5) is 11.6 Å². The van der Waals surface area contributed by atoms with Crippen LogP contribution in [0.5, 0.6) is 0 Å². The summed E-state index contributed by atoms with van der Waals surface area (Å²) in [6, 6.07) is 13.1. The van der Waals surface area contributed by atoms with E-state index in [1.807, 2.05) is 53.2 Å². The monoisotopic (exact) mass is 482 g/mol. The molecule has 0 atom stereocenters. The summed E-state index contributed by atoms with van der Waals surface area (Å²) < 4.78 is 1.89. The minimum atomic E-state index is -0.274. The van der Waals surface area contributed by atoms with Crippen LogP contribution in [0.25, 0.3) is 27.8 Å². The molecule has 0 aliphatic heterocycles. The maximum Gasteiger partial charge on any atom is 0.275 e. The highest BCUT2D eigenvalue weighted by molar-refractivity contribution is 7.13. The van der Waals surface area contributed by atoms with Gasteiger partial charge in [-0.1, -0.05) is 19.1 Å². The van der Waals surface area contributed by atoms with E-state index in [9.17, 15) is 4.79 Å². The van der Waals surface area contributed by atoms with Crippen molar-refractivity contribution < 1.29 is 4.79 Å². The van der Waals surface area contributed by atoms with Gasteiger partial charge in [-0.2, -0.15) is 4.98 Å². The van der Waals surface area contributed by atoms with Crippen molar-refractivity contribution in [2.24, 2.45) is 0 Å². The van der Waals surface area contributed by atoms with Crippen molar-refractivity contribution >= 4 is 28.9 Å². The Kier molecular flexibility index (Phi) is 6.53. The molecule has 5 rings (SSSR count). The first kappa shape index (κ1) is 22.4. The second-order valence-corrected chi connectivity index (χ2v) is 8.45. The number of benzene rings is 1. The molecule has 9 nitrogen and oxygen atoms in total. The fourth-order valence-electron chi connectivity index (χ4n) is 3.44. The largest absolute Gasteiger partial charge is 0.354 e. The predicted octanol–water partition coefficient (Wildman–Crippen LogP) is 4.92. The van der Waals surface area contributed by atoms with Crippen molar-refractivity contribution in [3.05, 3.63) is 84.5 Å². The molecule has 5 aromatic rings. The number of nitrogens with one attached hydrogen (secondary N) is 2. The van der Waals surface area contributed by atoms with Crippen molar-refractivity contribution in [1.29, 1.82) is 0 Å². The molecule has 4 heterocycles. The zero-order chi connectivity index (χ0) is 24.0. The van der Waals surface area contributed by atoms with Crippen LogP contribution in [0.1, 0.15) is 23.8 Å². The molecule has 0 saturated heterocycles. The second kappa shape index (κ2) is 10.2. The van der Waals surface area contributed by atoms with Crippen LogP contribution in [0, 0.1) is 0 Å². The van der Waals surface area contributed by atoms with Crippen molar-refractivity contribution in [2.75, 3.05) is 17.2 Å². The quantitative estimate of drug-likeness (QED) is 0.323. The molecule has 4 aromatic heterocycles. The highest BCUT2D eigenvalue weighted by atomic mass is 32.1. The highest BCUT2D eigenvalue weighted by Gasteiger charge is 2.14. The first-order valence-electron chi connectivity index (χ1n) is 11.1. The van der Waals surface area contributed by atoms with E-state index in [1.54, 1.807) is 30.2 Å². The fraction of sp³-hybridized carbons (Fsp3) is 0.120. The first-order chi connectivity index (χ1) is 17.2. The van der Waals surface area contributed by atoms with E-state index in [-0.39, 0.29) is 5.91 Å². The molecule has 0 aliphatic carbocycles. The Morgan fingerprint density at radius 2 is 1.89 bits per heavy atom. The molecule has 1 amide bonds. The number of nitrogens with zero attached hydrogens (tertiary/aromatic N) is 6. The molecule has 174 valence electrons. The maximum atomic E-state index is 12.8. The van der Waals surface area contributed by atoms with Crippen molar-refractivity contribution in [3.8, 4) is 27.8 Å². The lowest BCUT2D eigenvalue weighted by Gasteiger charge is -2.10. The number of pyridine rings is 1. The summed E-state index contributed by atoms with van der Waals surface area (Å²) in [7, 11) is 0. The summed E-state index contributed by atoms with van der Waals surface area (Å²) in [4.78, 5) is 34.7. The van der Waals surface area contributed by atoms with Gasteiger partial charge in [-0.3, -0.25) is 14.3 Å². The summed E-state index contributed by atoms with van der Waals surface area (Å²) >= 11 is 1.42. The average Bonchev–Trinajstić information content (AvgIpc) is 3.59. The van der Waals surface area contributed by atoms with E-state index in [2.05, 4.69) is 42.5 Å². The van der Waals surface area contributed by atoms with E-state index in [0.29, 0.717) is 29.0 Å². The molecule has 0 fully saturated rings. The second-order valence-electron chi connectivity index (χ2n) is 7.59. The number of thiazole rings is 1. The molecule has 0 bridgehead atoms. The number of carbonyl (C=O) groups excluding carboxylic acids is 1. The molecule has 0 spiro atoms. The standard InChI is InChI=1S/C25H22N8OS/c1-2-9-28-25-29-12-8-21(32-25)33-14-13-27-22(33)18-4-3-5-19(15-18)30-23(34)20-16-35-24(31-20)17-6-10-26-11-7-17/h3-8,10-16H,2,9H2,1H3,(H,30,34)(H,28,29,32). The summed E-state index contributed by atoms with van der Waals surface area (Å²) in [6.45, 7) is 2.88. The van der Waals surface area contributed by atoms with Crippen LogP contribution in [-0.2, 0) is 0 Å². The summed E-state index contributed by atoms with van der Waals surface area (Å²) in [6.07, 6.45) is 9.68. The van der Waals surface area contributed by atoms with Crippen LogP contribution in [-0.4, -0.2) is 41.9 Å². The predicted molar refractivity (Wildman–Crippen MR) is 137 cm³/mol. The topological polar surface area (TPSA) is 111 Å². The highest BCUT2D eigenvalue weighted by Crippen LogP contribution is 2.26. The van der Waals surface area contributed by atoms with Gasteiger partial charge >= 0.3 is 0 Å². The molecule has 0 aliphatic rings. The Bertz CT molecular complexity index is 1450. The minimum absolute atomic E-state index is 0.274. The van der Waals surface area contributed by atoms with E-state index in [1.165, 1.54) is 11.3 Å². The molecular weight excluding hydrogens is 460 g/mol. The van der Waals surface area contributed by atoms with Gasteiger partial charge in [-0.25, -0.2) is 15.0 Å². The number of imidazole rings is 1. The third-order valence-corrected chi connectivity index (χ3v) is 6.00. The van der Waals surface area contributed by atoms with E-state index < -0.39 is 0 Å². The van der Waals surface area contributed by atoms with Crippen molar-refractivity contribution in [2.45, 2.75) is 13.3 Å². The molecule has 0 unspecified atom stereocenters. The van der Waals surface area contributed by atoms with Crippen LogP contribution < -0.4 is 10.6 Å². The van der Waals surface area contributed by atoms with Gasteiger partial charge in [0.2, 0.25) is 5.95 Å². The van der Waals surface area contributed by atoms with E-state index in [4.69, 9.17) is 0 Å². The lowest BCUT2D eigenvalue weighted by atomic mass is 10.2. The third kappa shape index (κ3) is 5.07. The van der Waals surface area contributed by atoms with Crippen LogP contribution in [0.3, 0.4) is 0 Å². The summed E-state index contributed by atoms with van der Waals surface area (Å²) in [5.41, 5.74) is 2.77.